The van der Waals surface area contributed by atoms with Crippen LogP contribution in [0.4, 0.5) is 0 Å². The number of hydrogen-bond donors (Lipinski definition) is 0. The zero-order chi connectivity index (χ0) is 12.4. The van der Waals surface area contributed by atoms with Crippen LogP contribution in [-0.4, -0.2) is 4.98 Å². The van der Waals surface area contributed by atoms with Gasteiger partial charge in [0.15, 0.2) is 0 Å². The fourth-order valence-corrected chi connectivity index (χ4v) is 2.77. The third-order valence-electron chi connectivity index (χ3n) is 3.02. The zero-order valence-electron chi connectivity index (χ0n) is 10.3. The van der Waals surface area contributed by atoms with E-state index in [1.165, 1.54) is 16.3 Å². The molecule has 1 heterocycles. The summed E-state index contributed by atoms with van der Waals surface area (Å²) in [4.78, 5) is 4.49. The van der Waals surface area contributed by atoms with Crippen molar-refractivity contribution in [3.8, 4) is 0 Å². The molecule has 0 bridgehead atoms. The molecule has 0 unspecified atom stereocenters. The van der Waals surface area contributed by atoms with E-state index in [4.69, 9.17) is 0 Å². The summed E-state index contributed by atoms with van der Waals surface area (Å²) in [5.74, 6) is 0. The number of fused-ring (bicyclic) bond motifs is 1. The molecule has 3 rings (SSSR count). The number of benzene rings is 2. The maximum Gasteiger partial charge on any atom is 0.0897 e. The summed E-state index contributed by atoms with van der Waals surface area (Å²) < 4.78 is 0. The van der Waals surface area contributed by atoms with Gasteiger partial charge in [-0.15, -0.1) is 11.3 Å². The van der Waals surface area contributed by atoms with Crippen molar-refractivity contribution in [2.75, 3.05) is 0 Å². The second-order valence-electron chi connectivity index (χ2n) is 4.33. The monoisotopic (exact) mass is 252 g/mol. The van der Waals surface area contributed by atoms with Gasteiger partial charge >= 0.3 is 0 Å². The Labute approximate surface area is 111 Å². The van der Waals surface area contributed by atoms with Crippen LogP contribution in [0.3, 0.4) is 0 Å². The van der Waals surface area contributed by atoms with Gasteiger partial charge in [-0.3, -0.25) is 0 Å². The van der Waals surface area contributed by atoms with Gasteiger partial charge in [0.2, 0.25) is 0 Å². The lowest BCUT2D eigenvalue weighted by Crippen LogP contribution is -1.90. The van der Waals surface area contributed by atoms with Crippen LogP contribution in [0, 0.1) is 13.3 Å². The van der Waals surface area contributed by atoms with Gasteiger partial charge in [0.1, 0.15) is 0 Å². The van der Waals surface area contributed by atoms with Crippen molar-refractivity contribution in [2.45, 2.75) is 13.3 Å². The molecule has 0 spiro atoms. The van der Waals surface area contributed by atoms with E-state index in [-0.39, 0.29) is 0 Å². The maximum atomic E-state index is 4.49. The van der Waals surface area contributed by atoms with Crippen LogP contribution < -0.4 is 0 Å². The van der Waals surface area contributed by atoms with Crippen LogP contribution >= 0.6 is 11.3 Å². The average Bonchev–Trinajstić information content (AvgIpc) is 2.82. The highest BCUT2D eigenvalue weighted by Gasteiger charge is 2.03. The molecule has 0 saturated heterocycles. The molecule has 1 radical (unpaired) electrons. The van der Waals surface area contributed by atoms with Crippen LogP contribution in [-0.2, 0) is 6.42 Å². The fourth-order valence-electron chi connectivity index (χ4n) is 2.14. The van der Waals surface area contributed by atoms with E-state index < -0.39 is 0 Å². The Morgan fingerprint density at radius 3 is 2.78 bits per heavy atom. The first-order valence-corrected chi connectivity index (χ1v) is 6.93. The lowest BCUT2D eigenvalue weighted by atomic mass is 10.0. The molecule has 1 aromatic heterocycles. The van der Waals surface area contributed by atoms with Crippen molar-refractivity contribution < 1.29 is 0 Å². The maximum absolute atomic E-state index is 4.49. The van der Waals surface area contributed by atoms with E-state index in [0.717, 1.165) is 17.1 Å². The Kier molecular flexibility index (Phi) is 3.11. The first-order valence-electron chi connectivity index (χ1n) is 6.05. The van der Waals surface area contributed by atoms with E-state index in [2.05, 4.69) is 59.2 Å². The minimum absolute atomic E-state index is 0.901. The number of rotatable bonds is 3. The topological polar surface area (TPSA) is 12.9 Å². The molecule has 0 saturated carbocycles. The quantitative estimate of drug-likeness (QED) is 0.673. The van der Waals surface area contributed by atoms with Gasteiger partial charge in [-0.25, -0.2) is 4.98 Å². The Morgan fingerprint density at radius 1 is 1.11 bits per heavy atom. The summed E-state index contributed by atoms with van der Waals surface area (Å²) >= 11 is 1.71. The molecule has 18 heavy (non-hydrogen) atoms. The summed E-state index contributed by atoms with van der Waals surface area (Å²) in [7, 11) is 0. The van der Waals surface area contributed by atoms with Crippen molar-refractivity contribution in [3.63, 3.8) is 0 Å². The Morgan fingerprint density at radius 2 is 1.94 bits per heavy atom. The Bertz CT molecular complexity index is 664. The second-order valence-corrected chi connectivity index (χ2v) is 5.40. The van der Waals surface area contributed by atoms with Crippen LogP contribution in [0.1, 0.15) is 16.3 Å². The van der Waals surface area contributed by atoms with Crippen molar-refractivity contribution in [2.24, 2.45) is 0 Å². The van der Waals surface area contributed by atoms with Gasteiger partial charge in [0.05, 0.1) is 10.7 Å². The number of thiazole rings is 1. The fraction of sp³-hybridized carbons (Fsp3) is 0.125. The molecule has 0 aliphatic heterocycles. The molecule has 2 heteroatoms. The molecule has 0 aliphatic carbocycles. The Hall–Kier alpha value is -1.67. The summed E-state index contributed by atoms with van der Waals surface area (Å²) in [5, 5.41) is 5.88. The average molecular weight is 252 g/mol. The van der Waals surface area contributed by atoms with Gasteiger partial charge < -0.3 is 0 Å². The van der Waals surface area contributed by atoms with Gasteiger partial charge in [-0.05, 0) is 36.1 Å². The highest BCUT2D eigenvalue weighted by molar-refractivity contribution is 7.09. The highest BCUT2D eigenvalue weighted by Crippen LogP contribution is 2.21. The predicted octanol–water partition coefficient (Wildman–Crippen LogP) is 4.40. The summed E-state index contributed by atoms with van der Waals surface area (Å²) in [6.45, 7) is 2.05. The normalized spacial score (nSPS) is 10.9. The van der Waals surface area contributed by atoms with Gasteiger partial charge in [-0.2, -0.15) is 0 Å². The lowest BCUT2D eigenvalue weighted by molar-refractivity contribution is 1.07. The highest BCUT2D eigenvalue weighted by atomic mass is 32.1. The summed E-state index contributed by atoms with van der Waals surface area (Å²) in [6.07, 6.45) is 3.16. The first kappa shape index (κ1) is 11.4. The van der Waals surface area contributed by atoms with Crippen molar-refractivity contribution in [1.82, 2.24) is 4.98 Å². The first-order chi connectivity index (χ1) is 8.83. The zero-order valence-corrected chi connectivity index (χ0v) is 11.1. The third-order valence-corrected chi connectivity index (χ3v) is 3.84. The van der Waals surface area contributed by atoms with Crippen LogP contribution in [0.5, 0.6) is 0 Å². The standard InChI is InChI=1S/C16H14NS/c1-12-17-15(11-18-12)10-9-14-7-4-6-13-5-2-3-8-16(13)14/h2-9,11H,10H2,1H3. The van der Waals surface area contributed by atoms with Gasteiger partial charge in [-0.1, -0.05) is 42.5 Å². The number of hydrogen-bond acceptors (Lipinski definition) is 2. The minimum atomic E-state index is 0.901. The van der Waals surface area contributed by atoms with Crippen molar-refractivity contribution in [1.29, 1.82) is 0 Å². The van der Waals surface area contributed by atoms with E-state index in [0.29, 0.717) is 0 Å². The lowest BCUT2D eigenvalue weighted by Gasteiger charge is -2.05. The number of nitrogens with zero attached hydrogens (tertiary/aromatic N) is 1. The molecule has 0 atom stereocenters. The van der Waals surface area contributed by atoms with Crippen LogP contribution in [0.25, 0.3) is 10.8 Å². The number of aromatic nitrogens is 1. The number of aryl methyl sites for hydroxylation is 1. The van der Waals surface area contributed by atoms with Crippen LogP contribution in [0.15, 0.2) is 47.8 Å². The van der Waals surface area contributed by atoms with Crippen molar-refractivity contribution in [3.05, 3.63) is 70.5 Å². The SMILES string of the molecule is Cc1nc(C[CH]c2cccc3ccccc23)cs1. The largest absolute Gasteiger partial charge is 0.247 e. The molecule has 2 aromatic carbocycles. The minimum Gasteiger partial charge on any atom is -0.247 e. The molecule has 3 aromatic rings. The molecule has 0 N–H and O–H groups in total. The molecule has 0 fully saturated rings. The smallest absolute Gasteiger partial charge is 0.0897 e. The molecule has 1 nitrogen and oxygen atoms in total. The molecule has 0 amide bonds. The van der Waals surface area contributed by atoms with E-state index in [1.54, 1.807) is 11.3 Å². The van der Waals surface area contributed by atoms with E-state index >= 15 is 0 Å². The van der Waals surface area contributed by atoms with Gasteiger partial charge in [0, 0.05) is 5.38 Å². The summed E-state index contributed by atoms with van der Waals surface area (Å²) in [5.41, 5.74) is 2.45. The third kappa shape index (κ3) is 2.29. The summed E-state index contributed by atoms with van der Waals surface area (Å²) in [6, 6.07) is 14.9. The Balaban J connectivity index is 1.86. The van der Waals surface area contributed by atoms with E-state index in [1.807, 2.05) is 6.92 Å². The van der Waals surface area contributed by atoms with Gasteiger partial charge in [0.25, 0.3) is 0 Å². The predicted molar refractivity (Wildman–Crippen MR) is 77.9 cm³/mol. The molecule has 89 valence electrons. The van der Waals surface area contributed by atoms with Crippen LogP contribution in [0.2, 0.25) is 0 Å². The molecule has 0 aliphatic rings. The second kappa shape index (κ2) is 4.91. The molecular formula is C16H14NS. The molecular weight excluding hydrogens is 238 g/mol. The van der Waals surface area contributed by atoms with Crippen molar-refractivity contribution >= 4 is 22.1 Å². The van der Waals surface area contributed by atoms with E-state index in [9.17, 15) is 0 Å².